The van der Waals surface area contributed by atoms with Gasteiger partial charge in [0.2, 0.25) is 59.1 Å². The van der Waals surface area contributed by atoms with E-state index in [1.165, 1.54) is 23.6 Å². The van der Waals surface area contributed by atoms with Crippen molar-refractivity contribution in [3.05, 3.63) is 0 Å². The molecule has 24 heteroatoms. The van der Waals surface area contributed by atoms with Crippen molar-refractivity contribution in [2.75, 3.05) is 26.2 Å². The Morgan fingerprint density at radius 1 is 0.395 bits per heavy atom. The maximum absolute atomic E-state index is 14.5. The zero-order valence-electron chi connectivity index (χ0n) is 46.8. The summed E-state index contributed by atoms with van der Waals surface area (Å²) >= 11 is 0. The monoisotopic (exact) mass is 1120 g/mol. The van der Waals surface area contributed by atoms with Crippen LogP contribution in [0.2, 0.25) is 0 Å². The first-order valence-corrected chi connectivity index (χ1v) is 27.3. The molecule has 0 aliphatic carbocycles. The lowest BCUT2D eigenvalue weighted by Gasteiger charge is -2.32. The van der Waals surface area contributed by atoms with Crippen LogP contribution in [-0.4, -0.2) is 155 Å². The van der Waals surface area contributed by atoms with Crippen molar-refractivity contribution in [2.45, 2.75) is 220 Å². The molecule has 0 saturated carbocycles. The van der Waals surface area contributed by atoms with Gasteiger partial charge in [0.05, 0.1) is 0 Å². The van der Waals surface area contributed by atoms with Crippen molar-refractivity contribution in [3.63, 3.8) is 0 Å². The van der Waals surface area contributed by atoms with Crippen molar-refractivity contribution in [3.8, 4) is 0 Å². The number of carbonyl (C=O) groups is 10. The molecular weight excluding hydrogens is 1020 g/mol. The molecule has 3 saturated heterocycles. The van der Waals surface area contributed by atoms with E-state index in [4.69, 9.17) is 11.5 Å². The fourth-order valence-corrected chi connectivity index (χ4v) is 9.75. The molecule has 0 radical (unpaired) electrons. The van der Waals surface area contributed by atoms with Crippen molar-refractivity contribution < 1.29 is 47.9 Å². The van der Waals surface area contributed by atoms with Gasteiger partial charge in [-0.3, -0.25) is 47.9 Å². The highest BCUT2D eigenvalue weighted by Gasteiger charge is 2.42. The average Bonchev–Trinajstić information content (AvgIpc) is 4.03. The Kier molecular flexibility index (Phi) is 31.1. The number of halogens is 2. The van der Waals surface area contributed by atoms with Crippen LogP contribution in [0, 0.1) is 23.7 Å². The zero-order chi connectivity index (χ0) is 55.4. The zero-order valence-corrected chi connectivity index (χ0v) is 48.4. The molecule has 12 N–H and O–H groups in total. The minimum absolute atomic E-state index is 0. The summed E-state index contributed by atoms with van der Waals surface area (Å²) in [6.45, 7) is 19.0. The Hall–Kier alpha value is -4.80. The molecule has 76 heavy (non-hydrogen) atoms. The highest BCUT2D eigenvalue weighted by atomic mass is 35.5. The standard InChI is InChI=1S/C52H92N12O10.2ClH/c1-29(2)25-37-47(69)57-35(17-11-13-21-53)45(67)61-39(27-31(5)6)51(73)64-24-16-20-42(64)50(72)56-34(10)44(66)60-38(26-30(3)4)48(70)58-36(18-12-14-22-54)46(68)62-40(28-32(7)8)52(74)63-23-15-19-41(63)49(71)55-33(9)43(65)59-37;;/h29-42H,11-28,53-54H2,1-10H3,(H,55,71)(H,56,72)(H,57,69)(H,58,70)(H,59,65)(H,60,66)(H,61,67)(H,62,68);2*1H/t33-,34-,35+,36+,37+,38+,39+,40+,41-,42-;;/m0../s1. The van der Waals surface area contributed by atoms with Crippen molar-refractivity contribution >= 4 is 83.9 Å². The molecule has 10 atom stereocenters. The predicted molar refractivity (Wildman–Crippen MR) is 294 cm³/mol. The fourth-order valence-electron chi connectivity index (χ4n) is 9.75. The molecule has 3 aliphatic rings. The molecule has 0 unspecified atom stereocenters. The van der Waals surface area contributed by atoms with Crippen LogP contribution < -0.4 is 54.0 Å². The van der Waals surface area contributed by atoms with Gasteiger partial charge in [0.1, 0.15) is 60.4 Å². The van der Waals surface area contributed by atoms with Gasteiger partial charge in [-0.1, -0.05) is 55.4 Å². The summed E-state index contributed by atoms with van der Waals surface area (Å²) in [6.07, 6.45) is 4.56. The smallest absolute Gasteiger partial charge is 0.245 e. The number of nitrogens with zero attached hydrogens (tertiary/aromatic N) is 2. The Morgan fingerprint density at radius 2 is 0.671 bits per heavy atom. The van der Waals surface area contributed by atoms with Gasteiger partial charge in [-0.15, -0.1) is 24.8 Å². The first-order valence-electron chi connectivity index (χ1n) is 27.3. The number of carbonyl (C=O) groups excluding carboxylic acids is 10. The van der Waals surface area contributed by atoms with E-state index in [0.717, 1.165) is 0 Å². The third-order valence-corrected chi connectivity index (χ3v) is 13.7. The highest BCUT2D eigenvalue weighted by molar-refractivity contribution is 5.99. The largest absolute Gasteiger partial charge is 0.343 e. The van der Waals surface area contributed by atoms with Crippen LogP contribution in [0.5, 0.6) is 0 Å². The number of amides is 10. The summed E-state index contributed by atoms with van der Waals surface area (Å²) in [5.74, 6) is -6.52. The molecule has 3 aliphatic heterocycles. The Bertz CT molecular complexity index is 1810. The summed E-state index contributed by atoms with van der Waals surface area (Å²) in [7, 11) is 0. The van der Waals surface area contributed by atoms with Crippen LogP contribution in [0.25, 0.3) is 0 Å². The van der Waals surface area contributed by atoms with Gasteiger partial charge in [-0.05, 0) is 141 Å². The minimum atomic E-state index is -1.16. The van der Waals surface area contributed by atoms with Crippen LogP contribution in [0.1, 0.15) is 159 Å². The number of rotatable bonds is 16. The van der Waals surface area contributed by atoms with Crippen LogP contribution in [0.3, 0.4) is 0 Å². The molecule has 0 spiro atoms. The highest BCUT2D eigenvalue weighted by Crippen LogP contribution is 2.23. The number of nitrogens with two attached hydrogens (primary N) is 2. The lowest BCUT2D eigenvalue weighted by atomic mass is 9.99. The molecule has 0 aromatic rings. The molecule has 22 nitrogen and oxygen atoms in total. The third kappa shape index (κ3) is 21.9. The Balaban J connectivity index is 0.0000144. The molecule has 3 rings (SSSR count). The van der Waals surface area contributed by atoms with Crippen LogP contribution in [0.15, 0.2) is 0 Å². The number of hydrogen-bond donors (Lipinski definition) is 10. The predicted octanol–water partition coefficient (Wildman–Crippen LogP) is 1.19. The summed E-state index contributed by atoms with van der Waals surface area (Å²) in [6, 6.07) is -11.0. The normalized spacial score (nSPS) is 27.5. The lowest BCUT2D eigenvalue weighted by molar-refractivity contribution is -0.143. The summed E-state index contributed by atoms with van der Waals surface area (Å²) in [5, 5.41) is 22.3. The minimum Gasteiger partial charge on any atom is -0.343 e. The first-order chi connectivity index (χ1) is 34.9. The molecular formula is C52H94Cl2N12O10. The molecule has 0 bridgehead atoms. The second kappa shape index (κ2) is 34.2. The second-order valence-electron chi connectivity index (χ2n) is 22.3. The van der Waals surface area contributed by atoms with E-state index in [0.29, 0.717) is 51.6 Å². The van der Waals surface area contributed by atoms with Gasteiger partial charge in [0.15, 0.2) is 0 Å². The van der Waals surface area contributed by atoms with Gasteiger partial charge >= 0.3 is 0 Å². The van der Waals surface area contributed by atoms with Gasteiger partial charge in [0.25, 0.3) is 0 Å². The summed E-state index contributed by atoms with van der Waals surface area (Å²) in [5.41, 5.74) is 11.6. The average molecular weight is 1120 g/mol. The van der Waals surface area contributed by atoms with Crippen LogP contribution >= 0.6 is 24.8 Å². The van der Waals surface area contributed by atoms with Crippen molar-refractivity contribution in [1.82, 2.24) is 52.3 Å². The van der Waals surface area contributed by atoms with Crippen LogP contribution in [0.4, 0.5) is 0 Å². The van der Waals surface area contributed by atoms with E-state index in [-0.39, 0.29) is 113 Å². The van der Waals surface area contributed by atoms with Gasteiger partial charge < -0.3 is 63.8 Å². The second-order valence-corrected chi connectivity index (χ2v) is 22.3. The van der Waals surface area contributed by atoms with E-state index in [2.05, 4.69) is 42.5 Å². The summed E-state index contributed by atoms with van der Waals surface area (Å²) < 4.78 is 0. The number of hydrogen-bond acceptors (Lipinski definition) is 12. The number of fused-ring (bicyclic) bond motifs is 2. The van der Waals surface area contributed by atoms with Gasteiger partial charge in [-0.25, -0.2) is 0 Å². The Morgan fingerprint density at radius 3 is 0.974 bits per heavy atom. The number of unbranched alkanes of at least 4 members (excludes halogenated alkanes) is 2. The molecule has 3 heterocycles. The quantitative estimate of drug-likeness (QED) is 0.0975. The topological polar surface area (TPSA) is 325 Å². The molecule has 0 aromatic carbocycles. The van der Waals surface area contributed by atoms with Crippen molar-refractivity contribution in [2.24, 2.45) is 35.1 Å². The molecule has 3 fully saturated rings. The SMILES string of the molecule is CC(C)C[C@H]1NC(=O)[C@H](C)NC(=O)[C@@H]2CCCN2C(=O)[C@@H](CC(C)C)NC(=O)[C@@H](CCCCN)NC(=O)[C@@H](CC(C)C)NC(=O)[C@H](C)NC(=O)[C@@H]2CCCN2C(=O)[C@@H](CC(C)C)NC(=O)[C@@H](CCCCN)NC1=O.Cl.Cl. The maximum Gasteiger partial charge on any atom is 0.245 e. The van der Waals surface area contributed by atoms with E-state index in [9.17, 15) is 47.9 Å². The van der Waals surface area contributed by atoms with Crippen LogP contribution in [-0.2, 0) is 47.9 Å². The molecule has 436 valence electrons. The molecule has 0 aromatic heterocycles. The summed E-state index contributed by atoms with van der Waals surface area (Å²) in [4.78, 5) is 144. The maximum atomic E-state index is 14.5. The molecule has 10 amide bonds. The Labute approximate surface area is 463 Å². The first kappa shape index (κ1) is 69.2. The van der Waals surface area contributed by atoms with E-state index < -0.39 is 119 Å². The van der Waals surface area contributed by atoms with E-state index >= 15 is 0 Å². The van der Waals surface area contributed by atoms with E-state index in [1.807, 2.05) is 55.4 Å². The third-order valence-electron chi connectivity index (χ3n) is 13.7. The van der Waals surface area contributed by atoms with E-state index in [1.54, 1.807) is 0 Å². The fraction of sp³-hybridized carbons (Fsp3) is 0.808. The lowest BCUT2D eigenvalue weighted by Crippen LogP contribution is -2.61. The number of nitrogens with one attached hydrogen (secondary N) is 8. The van der Waals surface area contributed by atoms with Gasteiger partial charge in [-0.2, -0.15) is 0 Å². The van der Waals surface area contributed by atoms with Gasteiger partial charge in [0, 0.05) is 13.1 Å². The van der Waals surface area contributed by atoms with Crippen molar-refractivity contribution in [1.29, 1.82) is 0 Å².